The van der Waals surface area contributed by atoms with E-state index in [2.05, 4.69) is 31.0 Å². The average molecular weight is 274 g/mol. The minimum Gasteiger partial charge on any atom is -0.478 e. The number of amides is 1. The zero-order valence-corrected chi connectivity index (χ0v) is 12.1. The maximum Gasteiger partial charge on any atom is 0.218 e. The van der Waals surface area contributed by atoms with E-state index in [1.54, 1.807) is 0 Å². The van der Waals surface area contributed by atoms with Gasteiger partial charge in [0.25, 0.3) is 0 Å². The Balaban J connectivity index is 2.03. The zero-order valence-electron chi connectivity index (χ0n) is 12.1. The minimum absolute atomic E-state index is 0.00623. The lowest BCUT2D eigenvalue weighted by atomic mass is 9.92. The van der Waals surface area contributed by atoms with Crippen LogP contribution >= 0.6 is 0 Å². The first-order chi connectivity index (χ1) is 9.56. The molecule has 4 heteroatoms. The van der Waals surface area contributed by atoms with Gasteiger partial charge >= 0.3 is 0 Å². The number of hydrogen-bond donors (Lipinski definition) is 1. The van der Waals surface area contributed by atoms with Crippen LogP contribution in [-0.4, -0.2) is 24.5 Å². The van der Waals surface area contributed by atoms with Crippen LogP contribution < -0.4 is 5.73 Å². The van der Waals surface area contributed by atoms with Gasteiger partial charge in [-0.05, 0) is 17.9 Å². The molecule has 0 fully saturated rings. The molecule has 1 aliphatic rings. The largest absolute Gasteiger partial charge is 0.478 e. The first-order valence-corrected chi connectivity index (χ1v) is 7.09. The van der Waals surface area contributed by atoms with E-state index in [0.717, 1.165) is 6.42 Å². The smallest absolute Gasteiger partial charge is 0.218 e. The highest BCUT2D eigenvalue weighted by molar-refractivity contribution is 5.86. The Morgan fingerprint density at radius 1 is 1.40 bits per heavy atom. The Kier molecular flexibility index (Phi) is 4.77. The third kappa shape index (κ3) is 3.83. The molecule has 0 spiro atoms. The van der Waals surface area contributed by atoms with Crippen LogP contribution in [0.5, 0.6) is 0 Å². The molecule has 0 aliphatic carbocycles. The van der Waals surface area contributed by atoms with Crippen molar-refractivity contribution in [2.75, 3.05) is 6.61 Å². The van der Waals surface area contributed by atoms with Crippen LogP contribution in [0.1, 0.15) is 25.8 Å². The third-order valence-electron chi connectivity index (χ3n) is 3.59. The van der Waals surface area contributed by atoms with E-state index < -0.39 is 0 Å². The van der Waals surface area contributed by atoms with Gasteiger partial charge in [0.2, 0.25) is 5.91 Å². The molecule has 2 N–H and O–H groups in total. The van der Waals surface area contributed by atoms with Gasteiger partial charge in [0, 0.05) is 12.3 Å². The van der Waals surface area contributed by atoms with Crippen molar-refractivity contribution in [3.8, 4) is 0 Å². The van der Waals surface area contributed by atoms with Crippen LogP contribution in [0.3, 0.4) is 0 Å². The number of carbonyl (C=O) groups excluding carboxylic acids is 1. The third-order valence-corrected chi connectivity index (χ3v) is 3.59. The lowest BCUT2D eigenvalue weighted by molar-refractivity contribution is -0.118. The topological polar surface area (TPSA) is 64.7 Å². The summed E-state index contributed by atoms with van der Waals surface area (Å²) in [6.07, 6.45) is 1.17. The number of primary amides is 1. The minimum atomic E-state index is -0.304. The molecule has 1 aromatic rings. The summed E-state index contributed by atoms with van der Waals surface area (Å²) in [6, 6.07) is 10.4. The molecule has 0 bridgehead atoms. The van der Waals surface area contributed by atoms with Crippen molar-refractivity contribution in [1.29, 1.82) is 0 Å². The SMILES string of the molecule is CC(C)[C@H](CC(N)=O)C1=N[C@@H](Cc2ccccc2)CO1. The van der Waals surface area contributed by atoms with Crippen molar-refractivity contribution in [3.05, 3.63) is 35.9 Å². The first kappa shape index (κ1) is 14.6. The van der Waals surface area contributed by atoms with E-state index in [9.17, 15) is 4.79 Å². The molecule has 20 heavy (non-hydrogen) atoms. The Morgan fingerprint density at radius 2 is 2.10 bits per heavy atom. The van der Waals surface area contributed by atoms with Crippen molar-refractivity contribution >= 4 is 11.8 Å². The van der Waals surface area contributed by atoms with E-state index in [-0.39, 0.29) is 23.8 Å². The second-order valence-electron chi connectivity index (χ2n) is 5.64. The molecule has 108 valence electrons. The number of ether oxygens (including phenoxy) is 1. The number of benzene rings is 1. The van der Waals surface area contributed by atoms with Gasteiger partial charge in [-0.2, -0.15) is 0 Å². The maximum absolute atomic E-state index is 11.2. The summed E-state index contributed by atoms with van der Waals surface area (Å²) >= 11 is 0. The number of rotatable bonds is 6. The highest BCUT2D eigenvalue weighted by atomic mass is 16.5. The second kappa shape index (κ2) is 6.55. The summed E-state index contributed by atoms with van der Waals surface area (Å²) in [5.74, 6) is 0.672. The molecule has 0 unspecified atom stereocenters. The van der Waals surface area contributed by atoms with Crippen molar-refractivity contribution < 1.29 is 9.53 Å². The fourth-order valence-corrected chi connectivity index (χ4v) is 2.45. The fourth-order valence-electron chi connectivity index (χ4n) is 2.45. The molecule has 2 rings (SSSR count). The van der Waals surface area contributed by atoms with Crippen molar-refractivity contribution in [3.63, 3.8) is 0 Å². The summed E-state index contributed by atoms with van der Waals surface area (Å²) < 4.78 is 5.70. The van der Waals surface area contributed by atoms with Crippen LogP contribution in [-0.2, 0) is 16.0 Å². The van der Waals surface area contributed by atoms with Gasteiger partial charge in [-0.1, -0.05) is 44.2 Å². The molecule has 0 aromatic heterocycles. The van der Waals surface area contributed by atoms with Crippen molar-refractivity contribution in [1.82, 2.24) is 0 Å². The lowest BCUT2D eigenvalue weighted by Gasteiger charge is -2.18. The summed E-state index contributed by atoms with van der Waals surface area (Å²) in [7, 11) is 0. The molecule has 0 saturated heterocycles. The molecule has 0 radical (unpaired) electrons. The molecular weight excluding hydrogens is 252 g/mol. The van der Waals surface area contributed by atoms with E-state index in [1.807, 2.05) is 18.2 Å². The van der Waals surface area contributed by atoms with Gasteiger partial charge in [0.05, 0.1) is 6.04 Å². The summed E-state index contributed by atoms with van der Waals surface area (Å²) in [4.78, 5) is 15.8. The summed E-state index contributed by atoms with van der Waals surface area (Å²) in [5, 5.41) is 0. The lowest BCUT2D eigenvalue weighted by Crippen LogP contribution is -2.27. The van der Waals surface area contributed by atoms with Crippen LogP contribution in [0.15, 0.2) is 35.3 Å². The molecule has 1 amide bonds. The fraction of sp³-hybridized carbons (Fsp3) is 0.500. The van der Waals surface area contributed by atoms with Crippen molar-refractivity contribution in [2.24, 2.45) is 22.6 Å². The standard InChI is InChI=1S/C16H22N2O2/c1-11(2)14(9-15(17)19)16-18-13(10-20-16)8-12-6-4-3-5-7-12/h3-7,11,13-14H,8-10H2,1-2H3,(H2,17,19)/t13-,14-/m0/s1. The van der Waals surface area contributed by atoms with Crippen LogP contribution in [0.4, 0.5) is 0 Å². The van der Waals surface area contributed by atoms with E-state index in [1.165, 1.54) is 5.56 Å². The quantitative estimate of drug-likeness (QED) is 0.864. The molecule has 1 aliphatic heterocycles. The average Bonchev–Trinajstić information content (AvgIpc) is 2.85. The van der Waals surface area contributed by atoms with Gasteiger partial charge in [0.15, 0.2) is 5.90 Å². The number of carbonyl (C=O) groups is 1. The number of nitrogens with two attached hydrogens (primary N) is 1. The maximum atomic E-state index is 11.2. The Labute approximate surface area is 120 Å². The van der Waals surface area contributed by atoms with Gasteiger partial charge in [-0.25, -0.2) is 4.99 Å². The van der Waals surface area contributed by atoms with Crippen molar-refractivity contribution in [2.45, 2.75) is 32.7 Å². The predicted molar refractivity (Wildman–Crippen MR) is 79.5 cm³/mol. The van der Waals surface area contributed by atoms with Gasteiger partial charge in [0.1, 0.15) is 6.61 Å². The van der Waals surface area contributed by atoms with Gasteiger partial charge < -0.3 is 10.5 Å². The molecule has 4 nitrogen and oxygen atoms in total. The second-order valence-corrected chi connectivity index (χ2v) is 5.64. The highest BCUT2D eigenvalue weighted by Crippen LogP contribution is 2.23. The van der Waals surface area contributed by atoms with Crippen LogP contribution in [0.25, 0.3) is 0 Å². The monoisotopic (exact) mass is 274 g/mol. The Morgan fingerprint density at radius 3 is 2.70 bits per heavy atom. The number of aliphatic imine (C=N–C) groups is 1. The molecule has 1 aromatic carbocycles. The highest BCUT2D eigenvalue weighted by Gasteiger charge is 2.29. The number of nitrogens with zero attached hydrogens (tertiary/aromatic N) is 1. The predicted octanol–water partition coefficient (Wildman–Crippen LogP) is 2.17. The first-order valence-electron chi connectivity index (χ1n) is 7.09. The summed E-state index contributed by atoms with van der Waals surface area (Å²) in [5.41, 5.74) is 6.56. The Bertz CT molecular complexity index is 483. The number of hydrogen-bond acceptors (Lipinski definition) is 3. The molecule has 1 heterocycles. The zero-order chi connectivity index (χ0) is 14.5. The molecule has 2 atom stereocenters. The normalized spacial score (nSPS) is 19.6. The van der Waals surface area contributed by atoms with Gasteiger partial charge in [-0.3, -0.25) is 4.79 Å². The van der Waals surface area contributed by atoms with E-state index >= 15 is 0 Å². The van der Waals surface area contributed by atoms with E-state index in [4.69, 9.17) is 10.5 Å². The van der Waals surface area contributed by atoms with Crippen LogP contribution in [0, 0.1) is 11.8 Å². The van der Waals surface area contributed by atoms with Gasteiger partial charge in [-0.15, -0.1) is 0 Å². The van der Waals surface area contributed by atoms with Crippen LogP contribution in [0.2, 0.25) is 0 Å². The summed E-state index contributed by atoms with van der Waals surface area (Å²) in [6.45, 7) is 4.71. The van der Waals surface area contributed by atoms with E-state index in [0.29, 0.717) is 18.9 Å². The Hall–Kier alpha value is -1.84. The molecule has 0 saturated carbocycles. The molecular formula is C16H22N2O2.